The number of fused-ring (bicyclic) bond motifs is 3. The molecule has 0 spiro atoms. The zero-order valence-electron chi connectivity index (χ0n) is 14.5. The van der Waals surface area contributed by atoms with Crippen LogP contribution in [0.2, 0.25) is 0 Å². The van der Waals surface area contributed by atoms with E-state index in [1.807, 2.05) is 0 Å². The van der Waals surface area contributed by atoms with Crippen molar-refractivity contribution < 1.29 is 13.5 Å². The molecule has 1 aromatic heterocycles. The largest absolute Gasteiger partial charge is 0.396 e. The van der Waals surface area contributed by atoms with Crippen LogP contribution in [0, 0.1) is 17.2 Å². The van der Waals surface area contributed by atoms with Crippen LogP contribution in [-0.4, -0.2) is 44.0 Å². The van der Waals surface area contributed by atoms with Crippen LogP contribution in [0.5, 0.6) is 0 Å². The Morgan fingerprint density at radius 2 is 2.08 bits per heavy atom. The third-order valence-electron chi connectivity index (χ3n) is 5.62. The van der Waals surface area contributed by atoms with E-state index in [9.17, 15) is 13.7 Å². The summed E-state index contributed by atoms with van der Waals surface area (Å²) >= 11 is 0. The lowest BCUT2D eigenvalue weighted by atomic mass is 9.92. The number of anilines is 1. The Kier molecular flexibility index (Phi) is 4.33. The average molecular weight is 371 g/mol. The van der Waals surface area contributed by atoms with Gasteiger partial charge in [0.2, 0.25) is 0 Å². The summed E-state index contributed by atoms with van der Waals surface area (Å²) in [6, 6.07) is 5.64. The van der Waals surface area contributed by atoms with Crippen molar-refractivity contribution in [2.75, 3.05) is 30.3 Å². The van der Waals surface area contributed by atoms with Crippen molar-refractivity contribution >= 4 is 26.4 Å². The topological polar surface area (TPSA) is 94.3 Å². The summed E-state index contributed by atoms with van der Waals surface area (Å²) in [4.78, 5) is 6.98. The number of aliphatic hydroxyl groups is 1. The molecule has 26 heavy (non-hydrogen) atoms. The van der Waals surface area contributed by atoms with E-state index in [2.05, 4.69) is 16.0 Å². The molecule has 0 radical (unpaired) electrons. The summed E-state index contributed by atoms with van der Waals surface area (Å²) in [6.45, 7) is 1.81. The summed E-state index contributed by atoms with van der Waals surface area (Å²) in [5.74, 6) is 0.622. The van der Waals surface area contributed by atoms with Gasteiger partial charge >= 0.3 is 0 Å². The third-order valence-corrected chi connectivity index (χ3v) is 7.41. The van der Waals surface area contributed by atoms with Gasteiger partial charge in [-0.2, -0.15) is 5.26 Å². The number of aromatic nitrogens is 1. The van der Waals surface area contributed by atoms with Gasteiger partial charge in [0.15, 0.2) is 9.84 Å². The van der Waals surface area contributed by atoms with E-state index in [0.717, 1.165) is 54.5 Å². The molecule has 0 amide bonds. The molecule has 2 aliphatic heterocycles. The lowest BCUT2D eigenvalue weighted by Crippen LogP contribution is -2.34. The van der Waals surface area contributed by atoms with Crippen molar-refractivity contribution in [1.29, 1.82) is 5.26 Å². The molecule has 4 rings (SSSR count). The number of nitrogens with zero attached hydrogens (tertiary/aromatic N) is 3. The number of sulfone groups is 1. The first kappa shape index (κ1) is 17.3. The molecule has 0 atom stereocenters. The number of benzene rings is 1. The van der Waals surface area contributed by atoms with Crippen LogP contribution in [0.4, 0.5) is 5.69 Å². The molecule has 0 aliphatic carbocycles. The molecule has 1 fully saturated rings. The summed E-state index contributed by atoms with van der Waals surface area (Å²) in [5, 5.41) is 19.6. The van der Waals surface area contributed by atoms with Crippen molar-refractivity contribution in [3.63, 3.8) is 0 Å². The molecule has 2 aliphatic rings. The zero-order valence-corrected chi connectivity index (χ0v) is 15.3. The van der Waals surface area contributed by atoms with Gasteiger partial charge < -0.3 is 10.0 Å². The fraction of sp³-hybridized carbons (Fsp3) is 0.474. The molecule has 136 valence electrons. The van der Waals surface area contributed by atoms with Gasteiger partial charge in [-0.3, -0.25) is 4.98 Å². The number of piperidine rings is 1. The van der Waals surface area contributed by atoms with Crippen LogP contribution in [0.3, 0.4) is 0 Å². The number of aryl methyl sites for hydroxylation is 1. The molecular weight excluding hydrogens is 350 g/mol. The fourth-order valence-corrected chi connectivity index (χ4v) is 5.79. The molecule has 7 heteroatoms. The first-order valence-corrected chi connectivity index (χ1v) is 10.6. The van der Waals surface area contributed by atoms with Gasteiger partial charge in [0.05, 0.1) is 27.4 Å². The van der Waals surface area contributed by atoms with E-state index >= 15 is 0 Å². The third kappa shape index (κ3) is 2.74. The van der Waals surface area contributed by atoms with Crippen molar-refractivity contribution in [2.45, 2.75) is 30.6 Å². The molecule has 1 aromatic carbocycles. The normalized spacial score (nSPS) is 19.5. The van der Waals surface area contributed by atoms with Crippen molar-refractivity contribution in [1.82, 2.24) is 4.98 Å². The van der Waals surface area contributed by atoms with Crippen molar-refractivity contribution in [2.24, 2.45) is 5.92 Å². The summed E-state index contributed by atoms with van der Waals surface area (Å²) < 4.78 is 24.7. The summed E-state index contributed by atoms with van der Waals surface area (Å²) in [7, 11) is -3.24. The lowest BCUT2D eigenvalue weighted by Gasteiger charge is -2.34. The molecule has 6 nitrogen and oxygen atoms in total. The number of pyridine rings is 1. The maximum atomic E-state index is 12.3. The highest BCUT2D eigenvalue weighted by atomic mass is 32.2. The Hall–Kier alpha value is -2.17. The Balaban J connectivity index is 1.86. The Bertz CT molecular complexity index is 1000. The minimum atomic E-state index is -3.24. The minimum absolute atomic E-state index is 0.121. The highest BCUT2D eigenvalue weighted by Gasteiger charge is 2.31. The van der Waals surface area contributed by atoms with Crippen LogP contribution in [0.1, 0.15) is 30.4 Å². The van der Waals surface area contributed by atoms with E-state index in [4.69, 9.17) is 5.11 Å². The minimum Gasteiger partial charge on any atom is -0.396 e. The van der Waals surface area contributed by atoms with Gasteiger partial charge in [0, 0.05) is 31.3 Å². The molecule has 0 bridgehead atoms. The SMILES string of the molecule is N#Cc1cnc2ccc3c(c2c1N1CCC(CCO)CC1)CCS3(=O)=O. The number of hydrogen-bond acceptors (Lipinski definition) is 6. The first-order valence-electron chi connectivity index (χ1n) is 8.98. The van der Waals surface area contributed by atoms with Gasteiger partial charge in [-0.05, 0) is 49.3 Å². The molecule has 0 unspecified atom stereocenters. The maximum Gasteiger partial charge on any atom is 0.179 e. The van der Waals surface area contributed by atoms with Crippen molar-refractivity contribution in [3.05, 3.63) is 29.5 Å². The molecule has 0 saturated carbocycles. The summed E-state index contributed by atoms with van der Waals surface area (Å²) in [6.07, 6.45) is 4.79. The molecule has 1 saturated heterocycles. The van der Waals surface area contributed by atoms with Crippen LogP contribution in [-0.2, 0) is 16.3 Å². The van der Waals surface area contributed by atoms with Crippen LogP contribution in [0.15, 0.2) is 23.2 Å². The second-order valence-corrected chi connectivity index (χ2v) is 9.16. The Morgan fingerprint density at radius 1 is 1.31 bits per heavy atom. The number of nitriles is 1. The quantitative estimate of drug-likeness (QED) is 0.887. The van der Waals surface area contributed by atoms with Crippen LogP contribution in [0.25, 0.3) is 10.9 Å². The number of hydrogen-bond donors (Lipinski definition) is 1. The van der Waals surface area contributed by atoms with E-state index < -0.39 is 9.84 Å². The van der Waals surface area contributed by atoms with E-state index in [1.54, 1.807) is 18.3 Å². The van der Waals surface area contributed by atoms with E-state index in [-0.39, 0.29) is 12.4 Å². The van der Waals surface area contributed by atoms with Crippen LogP contribution >= 0.6 is 0 Å². The fourth-order valence-electron chi connectivity index (χ4n) is 4.24. The summed E-state index contributed by atoms with van der Waals surface area (Å²) in [5.41, 5.74) is 2.87. The monoisotopic (exact) mass is 371 g/mol. The van der Waals surface area contributed by atoms with Gasteiger partial charge in [-0.1, -0.05) is 0 Å². The van der Waals surface area contributed by atoms with E-state index in [0.29, 0.717) is 22.8 Å². The van der Waals surface area contributed by atoms with Gasteiger partial charge in [0.25, 0.3) is 0 Å². The number of rotatable bonds is 3. The molecular formula is C19H21N3O3S. The first-order chi connectivity index (χ1) is 12.5. The predicted molar refractivity (Wildman–Crippen MR) is 98.9 cm³/mol. The Morgan fingerprint density at radius 3 is 2.77 bits per heavy atom. The van der Waals surface area contributed by atoms with Gasteiger partial charge in [0.1, 0.15) is 6.07 Å². The second kappa shape index (κ2) is 6.53. The molecule has 1 N–H and O–H groups in total. The molecule has 3 heterocycles. The highest BCUT2D eigenvalue weighted by molar-refractivity contribution is 7.91. The highest BCUT2D eigenvalue weighted by Crippen LogP contribution is 2.40. The zero-order chi connectivity index (χ0) is 18.3. The van der Waals surface area contributed by atoms with Gasteiger partial charge in [-0.15, -0.1) is 0 Å². The Labute approximate surface area is 153 Å². The van der Waals surface area contributed by atoms with Gasteiger partial charge in [-0.25, -0.2) is 8.42 Å². The lowest BCUT2D eigenvalue weighted by molar-refractivity contribution is 0.240. The standard InChI is InChI=1S/C19H21N3O3S/c20-11-14-12-21-16-1-2-17-15(6-10-26(17,24)25)18(16)19(14)22-7-3-13(4-8-22)5-9-23/h1-2,12-13,23H,3-10H2. The maximum absolute atomic E-state index is 12.3. The van der Waals surface area contributed by atoms with E-state index in [1.165, 1.54) is 0 Å². The van der Waals surface area contributed by atoms with Crippen molar-refractivity contribution in [3.8, 4) is 6.07 Å². The average Bonchev–Trinajstić information content (AvgIpc) is 2.97. The second-order valence-electron chi connectivity index (χ2n) is 7.08. The molecule has 2 aromatic rings. The number of aliphatic hydroxyl groups excluding tert-OH is 1. The predicted octanol–water partition coefficient (Wildman–Crippen LogP) is 2.04. The van der Waals surface area contributed by atoms with Crippen LogP contribution < -0.4 is 4.90 Å². The smallest absolute Gasteiger partial charge is 0.179 e.